The maximum atomic E-state index is 12.7. The zero-order chi connectivity index (χ0) is 54.9. The van der Waals surface area contributed by atoms with Gasteiger partial charge in [0, 0.05) is 23.3 Å². The fraction of sp³-hybridized carbons (Fsp3) is 0.643. The number of phosphoric acid groups is 3. The van der Waals surface area contributed by atoms with Gasteiger partial charge in [-0.15, -0.1) is 0 Å². The number of nitrogens with one attached hydrogen (secondary N) is 3. The van der Waals surface area contributed by atoms with Crippen LogP contribution in [0.25, 0.3) is 33.5 Å². The smallest absolute Gasteiger partial charge is 0.396 e. The van der Waals surface area contributed by atoms with Crippen molar-refractivity contribution >= 4 is 74.4 Å². The summed E-state index contributed by atoms with van der Waals surface area (Å²) < 4.78 is 68.4. The molecule has 6 heterocycles. The summed E-state index contributed by atoms with van der Waals surface area (Å²) in [5.74, 6) is -0.380. The van der Waals surface area contributed by atoms with Crippen LogP contribution in [0.4, 0.5) is 17.5 Å². The van der Waals surface area contributed by atoms with E-state index in [0.717, 1.165) is 0 Å². The molecule has 6 saturated carbocycles. The number of fused-ring (bicyclic) bond motifs is 6. The Hall–Kier alpha value is -4.86. The van der Waals surface area contributed by atoms with E-state index in [2.05, 4.69) is 65.1 Å². The topological polar surface area (TPSA) is 467 Å². The van der Waals surface area contributed by atoms with Crippen LogP contribution < -0.4 is 16.0 Å². The Kier molecular flexibility index (Phi) is 13.4. The molecule has 6 aliphatic rings. The molecule has 6 aromatic heterocycles. The predicted octanol–water partition coefficient (Wildman–Crippen LogP) is -0.318. The number of aliphatic hydroxyl groups is 5. The summed E-state index contributed by atoms with van der Waals surface area (Å²) in [4.78, 5) is 88.4. The first-order valence-electron chi connectivity index (χ1n) is 24.8. The molecule has 0 spiro atoms. The van der Waals surface area contributed by atoms with E-state index in [-0.39, 0.29) is 55.2 Å². The predicted molar refractivity (Wildman–Crippen MR) is 263 cm³/mol. The highest BCUT2D eigenvalue weighted by Gasteiger charge is 2.69. The second-order valence-corrected chi connectivity index (χ2v) is 25.0. The third-order valence-corrected chi connectivity index (χ3v) is 20.4. The number of imidazole rings is 3. The van der Waals surface area contributed by atoms with Crippen LogP contribution in [0, 0.1) is 34.0 Å². The Balaban J connectivity index is 0.799. The first kappa shape index (κ1) is 53.8. The van der Waals surface area contributed by atoms with Crippen LogP contribution in [-0.4, -0.2) is 186 Å². The fourth-order valence-corrected chi connectivity index (χ4v) is 15.9. The minimum Gasteiger partial charge on any atom is -0.396 e. The van der Waals surface area contributed by atoms with Crippen molar-refractivity contribution in [3.8, 4) is 0 Å². The third kappa shape index (κ3) is 8.48. The van der Waals surface area contributed by atoms with Gasteiger partial charge in [0.05, 0.1) is 75.2 Å². The third-order valence-electron chi connectivity index (χ3n) is 17.8. The number of aliphatic hydroxyl groups excluding tert-OH is 5. The Bertz CT molecular complexity index is 3420. The highest BCUT2D eigenvalue weighted by atomic mass is 31.3. The molecule has 6 fully saturated rings. The summed E-state index contributed by atoms with van der Waals surface area (Å²) in [5, 5.41) is 65.8. The standard InChI is InChI=1S/C42H56N15O18P3/c1-43-34-22-37(47-11-44-34)56(15-50-22)27-21-4-7-42(21,10-74-78(69,70)75-77(66,67)68)33(62)30(27)72-18-54-36-24-39(49-13-46-36)57(16-52-24)26-20-3-6-41(20,9-73-76(63,64)65)32(61)29(26)71-17-53-35-23-38(48-12-45-35)55(14-51-23)25-19-2-5-40(19,8-58)31(60)28(25)59/h11-16,19-21,25-33,58-62H,2-10,17-18H2,1H3,(H,69,70)(H,43,44,47)(H,45,48,53)(H,46,49,54)(H2,63,64,65)(H2,66,67,68)/t19-,20-,21-,25-,26-,27-,28+,29+,30+,31+,32+,33+,40+,41+,42+/m1/s1. The van der Waals surface area contributed by atoms with Gasteiger partial charge in [-0.3, -0.25) is 9.05 Å². The number of rotatable bonds is 21. The zero-order valence-electron chi connectivity index (χ0n) is 41.1. The summed E-state index contributed by atoms with van der Waals surface area (Å²) in [6.45, 7) is -2.01. The molecule has 0 aliphatic heterocycles. The van der Waals surface area contributed by atoms with Crippen LogP contribution in [-0.2, 0) is 36.5 Å². The SMILES string of the molecule is CNc1ncnc2c1ncn2[C@H]1[C@H](OCNc2ncnc3c2ncn3[C@H]2[C@H](OCNc3ncnc4c3ncn4[C@H]3[C@H](O)[C@H](O)[C@]4(CO)CC[C@H]34)[C@H](O)[C@]3(COP(=O)(O)O)CC[C@H]23)[C@H](O)[C@]2(COP(=O)(O)OP(=O)(O)O)CC[C@H]12. The minimum atomic E-state index is -5.46. The average Bonchev–Trinajstić information content (AvgIpc) is 4.24. The first-order chi connectivity index (χ1) is 37.2. The highest BCUT2D eigenvalue weighted by molar-refractivity contribution is 7.60. The molecule has 33 nitrogen and oxygen atoms in total. The maximum Gasteiger partial charge on any atom is 0.481 e. The van der Waals surface area contributed by atoms with Crippen molar-refractivity contribution in [3.05, 3.63) is 38.0 Å². The van der Waals surface area contributed by atoms with E-state index in [4.69, 9.17) is 18.5 Å². The monoisotopic (exact) mass is 1150 g/mol. The number of ether oxygens (including phenoxy) is 2. The first-order valence-corrected chi connectivity index (χ1v) is 29.4. The number of hydrogen-bond acceptors (Lipinski definition) is 25. The van der Waals surface area contributed by atoms with Gasteiger partial charge < -0.3 is 89.1 Å². The van der Waals surface area contributed by atoms with Crippen molar-refractivity contribution in [2.75, 3.05) is 56.3 Å². The molecule has 0 aromatic carbocycles. The van der Waals surface area contributed by atoms with Crippen molar-refractivity contribution in [2.45, 2.75) is 93.3 Å². The van der Waals surface area contributed by atoms with Crippen molar-refractivity contribution in [3.63, 3.8) is 0 Å². The van der Waals surface area contributed by atoms with E-state index in [0.29, 0.717) is 60.2 Å². The van der Waals surface area contributed by atoms with E-state index in [1.165, 1.54) is 38.0 Å². The van der Waals surface area contributed by atoms with Gasteiger partial charge in [-0.05, 0) is 56.3 Å². The lowest BCUT2D eigenvalue weighted by Crippen LogP contribution is -2.49. The molecule has 422 valence electrons. The van der Waals surface area contributed by atoms with E-state index >= 15 is 0 Å². The Morgan fingerprint density at radius 3 is 1.38 bits per heavy atom. The molecular weight excluding hydrogens is 1100 g/mol. The van der Waals surface area contributed by atoms with E-state index < -0.39 is 120 Å². The molecule has 0 bridgehead atoms. The Labute approximate surface area is 439 Å². The summed E-state index contributed by atoms with van der Waals surface area (Å²) >= 11 is 0. The Morgan fingerprint density at radius 1 is 0.564 bits per heavy atom. The van der Waals surface area contributed by atoms with Crippen LogP contribution in [0.3, 0.4) is 0 Å². The van der Waals surface area contributed by atoms with Crippen molar-refractivity contribution in [1.29, 1.82) is 0 Å². The van der Waals surface area contributed by atoms with Crippen molar-refractivity contribution in [2.24, 2.45) is 34.0 Å². The molecule has 6 aromatic rings. The van der Waals surface area contributed by atoms with Gasteiger partial charge >= 0.3 is 23.5 Å². The molecule has 78 heavy (non-hydrogen) atoms. The number of hydrogen-bond donors (Lipinski definition) is 13. The van der Waals surface area contributed by atoms with Gasteiger partial charge in [0.25, 0.3) is 0 Å². The Morgan fingerprint density at radius 2 is 0.987 bits per heavy atom. The lowest BCUT2D eigenvalue weighted by atomic mass is 9.60. The van der Waals surface area contributed by atoms with Crippen molar-refractivity contribution in [1.82, 2.24) is 58.6 Å². The lowest BCUT2D eigenvalue weighted by Gasteiger charge is -2.47. The molecule has 0 saturated heterocycles. The van der Waals surface area contributed by atoms with Gasteiger partial charge in [0.1, 0.15) is 67.3 Å². The zero-order valence-corrected chi connectivity index (χ0v) is 43.8. The van der Waals surface area contributed by atoms with Gasteiger partial charge in [0.15, 0.2) is 34.4 Å². The van der Waals surface area contributed by atoms with Gasteiger partial charge in [0.2, 0.25) is 0 Å². The largest absolute Gasteiger partial charge is 0.481 e. The highest BCUT2D eigenvalue weighted by Crippen LogP contribution is 2.67. The minimum absolute atomic E-state index is 0.174. The molecule has 12 rings (SSSR count). The maximum absolute atomic E-state index is 12.7. The molecule has 6 aliphatic carbocycles. The quantitative estimate of drug-likeness (QED) is 0.0324. The molecule has 1 unspecified atom stereocenters. The van der Waals surface area contributed by atoms with Crippen LogP contribution in [0.1, 0.15) is 56.7 Å². The van der Waals surface area contributed by atoms with Gasteiger partial charge in [-0.2, -0.15) is 4.31 Å². The average molecular weight is 1150 g/mol. The molecule has 0 radical (unpaired) electrons. The molecule has 36 heteroatoms. The summed E-state index contributed by atoms with van der Waals surface area (Å²) in [5.41, 5.74) is -1.30. The van der Waals surface area contributed by atoms with Crippen LogP contribution in [0.2, 0.25) is 0 Å². The number of phosphoric ester groups is 2. The fourth-order valence-electron chi connectivity index (χ4n) is 13.8. The molecule has 13 N–H and O–H groups in total. The number of anilines is 3. The van der Waals surface area contributed by atoms with Crippen molar-refractivity contribution < 1.29 is 86.5 Å². The molecule has 0 amide bonds. The lowest BCUT2D eigenvalue weighted by molar-refractivity contribution is -0.106. The number of aromatic nitrogens is 12. The molecular formula is C42H56N15O18P3. The summed E-state index contributed by atoms with van der Waals surface area (Å²) in [7, 11) is -14.1. The van der Waals surface area contributed by atoms with Gasteiger partial charge in [-0.25, -0.2) is 58.6 Å². The van der Waals surface area contributed by atoms with Crippen LogP contribution in [0.5, 0.6) is 0 Å². The van der Waals surface area contributed by atoms with Crippen LogP contribution >= 0.6 is 23.5 Å². The normalized spacial score (nSPS) is 35.0. The van der Waals surface area contributed by atoms with E-state index in [1.807, 2.05) is 0 Å². The summed E-state index contributed by atoms with van der Waals surface area (Å²) in [6.07, 6.45) is 3.93. The van der Waals surface area contributed by atoms with E-state index in [9.17, 15) is 63.7 Å². The second kappa shape index (κ2) is 19.4. The molecule has 16 atom stereocenters. The summed E-state index contributed by atoms with van der Waals surface area (Å²) in [6, 6.07) is -2.10. The second-order valence-electron chi connectivity index (χ2n) is 21.0. The van der Waals surface area contributed by atoms with Gasteiger partial charge in [-0.1, -0.05) is 0 Å². The van der Waals surface area contributed by atoms with Crippen LogP contribution in [0.15, 0.2) is 38.0 Å². The van der Waals surface area contributed by atoms with E-state index in [1.54, 1.807) is 20.7 Å². The number of nitrogens with zero attached hydrogens (tertiary/aromatic N) is 12.